The van der Waals surface area contributed by atoms with Crippen molar-refractivity contribution in [2.24, 2.45) is 4.99 Å². The summed E-state index contributed by atoms with van der Waals surface area (Å²) in [7, 11) is 0. The molecule has 2 N–H and O–H groups in total. The number of aryl methyl sites for hydroxylation is 1. The maximum absolute atomic E-state index is 4.69. The number of benzene rings is 1. The number of hydrogen-bond donors (Lipinski definition) is 2. The van der Waals surface area contributed by atoms with Crippen LogP contribution in [0.3, 0.4) is 0 Å². The molecule has 25 heavy (non-hydrogen) atoms. The average molecular weight is 470 g/mol. The van der Waals surface area contributed by atoms with Gasteiger partial charge in [-0.15, -0.1) is 35.3 Å². The van der Waals surface area contributed by atoms with Crippen LogP contribution in [0.15, 0.2) is 40.7 Å². The Balaban J connectivity index is 0.00000225. The van der Waals surface area contributed by atoms with Gasteiger partial charge in [0.1, 0.15) is 0 Å². The van der Waals surface area contributed by atoms with Crippen LogP contribution >= 0.6 is 35.3 Å². The van der Waals surface area contributed by atoms with Gasteiger partial charge in [-0.05, 0) is 31.7 Å². The van der Waals surface area contributed by atoms with E-state index in [-0.39, 0.29) is 29.4 Å². The average Bonchev–Trinajstić information content (AvgIpc) is 3.28. The van der Waals surface area contributed by atoms with Crippen LogP contribution in [0.5, 0.6) is 0 Å². The highest BCUT2D eigenvalue weighted by molar-refractivity contribution is 14.0. The third kappa shape index (κ3) is 5.41. The second kappa shape index (κ2) is 9.52. The summed E-state index contributed by atoms with van der Waals surface area (Å²) in [4.78, 5) is 9.28. The first-order valence-electron chi connectivity index (χ1n) is 8.77. The first kappa shape index (κ1) is 20.2. The molecule has 0 radical (unpaired) electrons. The summed E-state index contributed by atoms with van der Waals surface area (Å²) < 4.78 is 0. The maximum Gasteiger partial charge on any atom is 0.191 e. The summed E-state index contributed by atoms with van der Waals surface area (Å²) in [6.07, 6.45) is 3.48. The number of halogens is 1. The van der Waals surface area contributed by atoms with E-state index in [1.807, 2.05) is 0 Å². The first-order chi connectivity index (χ1) is 11.8. The number of nitrogens with one attached hydrogen (secondary N) is 2. The van der Waals surface area contributed by atoms with Gasteiger partial charge in [0.15, 0.2) is 5.96 Å². The zero-order chi connectivity index (χ0) is 16.8. The van der Waals surface area contributed by atoms with Crippen molar-refractivity contribution in [2.75, 3.05) is 13.1 Å². The molecular weight excluding hydrogens is 443 g/mol. The summed E-state index contributed by atoms with van der Waals surface area (Å²) in [5.74, 6) is 0.880. The SMILES string of the molecule is CCNC(=NCc1csc(CC)n1)NCC1(c2ccccc2)CC1.I. The van der Waals surface area contributed by atoms with Crippen LogP contribution < -0.4 is 10.6 Å². The fraction of sp³-hybridized carbons (Fsp3) is 0.474. The molecule has 136 valence electrons. The number of guanidine groups is 1. The molecule has 1 aliphatic carbocycles. The van der Waals surface area contributed by atoms with Crippen LogP contribution in [-0.2, 0) is 18.4 Å². The molecule has 0 unspecified atom stereocenters. The molecule has 1 fully saturated rings. The molecular formula is C19H27IN4S. The lowest BCUT2D eigenvalue weighted by Crippen LogP contribution is -2.41. The van der Waals surface area contributed by atoms with E-state index in [2.05, 4.69) is 65.2 Å². The summed E-state index contributed by atoms with van der Waals surface area (Å²) in [5, 5.41) is 10.2. The lowest BCUT2D eigenvalue weighted by atomic mass is 9.96. The lowest BCUT2D eigenvalue weighted by Gasteiger charge is -2.19. The van der Waals surface area contributed by atoms with E-state index < -0.39 is 0 Å². The minimum absolute atomic E-state index is 0. The van der Waals surface area contributed by atoms with Gasteiger partial charge in [0, 0.05) is 23.9 Å². The van der Waals surface area contributed by atoms with Crippen LogP contribution in [0, 0.1) is 0 Å². The Hall–Kier alpha value is -1.15. The van der Waals surface area contributed by atoms with E-state index in [1.165, 1.54) is 23.4 Å². The smallest absolute Gasteiger partial charge is 0.191 e. The van der Waals surface area contributed by atoms with Crippen LogP contribution in [-0.4, -0.2) is 24.0 Å². The van der Waals surface area contributed by atoms with Crippen molar-refractivity contribution >= 4 is 41.3 Å². The summed E-state index contributed by atoms with van der Waals surface area (Å²) in [6, 6.07) is 10.8. The normalized spacial score (nSPS) is 15.4. The Morgan fingerprint density at radius 1 is 1.20 bits per heavy atom. The summed E-state index contributed by atoms with van der Waals surface area (Å²) in [5.41, 5.74) is 2.77. The van der Waals surface area contributed by atoms with Crippen LogP contribution in [0.4, 0.5) is 0 Å². The maximum atomic E-state index is 4.69. The van der Waals surface area contributed by atoms with Crippen LogP contribution in [0.1, 0.15) is 43.0 Å². The third-order valence-electron chi connectivity index (χ3n) is 4.48. The Labute approximate surface area is 171 Å². The van der Waals surface area contributed by atoms with Crippen molar-refractivity contribution in [1.82, 2.24) is 15.6 Å². The summed E-state index contributed by atoms with van der Waals surface area (Å²) in [6.45, 7) is 6.65. The lowest BCUT2D eigenvalue weighted by molar-refractivity contribution is 0.645. The molecule has 6 heteroatoms. The molecule has 0 amide bonds. The van der Waals surface area contributed by atoms with E-state index in [1.54, 1.807) is 11.3 Å². The number of rotatable bonds is 7. The van der Waals surface area contributed by atoms with E-state index in [9.17, 15) is 0 Å². The molecule has 3 rings (SSSR count). The molecule has 2 aromatic rings. The molecule has 1 aromatic heterocycles. The van der Waals surface area contributed by atoms with E-state index >= 15 is 0 Å². The van der Waals surface area contributed by atoms with Gasteiger partial charge in [-0.3, -0.25) is 0 Å². The van der Waals surface area contributed by atoms with Crippen molar-refractivity contribution in [3.63, 3.8) is 0 Å². The largest absolute Gasteiger partial charge is 0.357 e. The van der Waals surface area contributed by atoms with E-state index in [0.717, 1.165) is 31.2 Å². The molecule has 0 aliphatic heterocycles. The minimum Gasteiger partial charge on any atom is -0.357 e. The van der Waals surface area contributed by atoms with E-state index in [0.29, 0.717) is 6.54 Å². The Morgan fingerprint density at radius 3 is 2.56 bits per heavy atom. The molecule has 0 atom stereocenters. The van der Waals surface area contributed by atoms with Crippen molar-refractivity contribution in [3.05, 3.63) is 52.0 Å². The van der Waals surface area contributed by atoms with Gasteiger partial charge in [0.05, 0.1) is 17.2 Å². The van der Waals surface area contributed by atoms with Crippen molar-refractivity contribution in [2.45, 2.75) is 45.1 Å². The fourth-order valence-electron chi connectivity index (χ4n) is 2.85. The molecule has 1 aromatic carbocycles. The molecule has 1 saturated carbocycles. The predicted molar refractivity (Wildman–Crippen MR) is 117 cm³/mol. The molecule has 1 aliphatic rings. The van der Waals surface area contributed by atoms with E-state index in [4.69, 9.17) is 4.99 Å². The number of aromatic nitrogens is 1. The second-order valence-electron chi connectivity index (χ2n) is 6.28. The van der Waals surface area contributed by atoms with Gasteiger partial charge in [0.2, 0.25) is 0 Å². The first-order valence-corrected chi connectivity index (χ1v) is 9.64. The van der Waals surface area contributed by atoms with Gasteiger partial charge >= 0.3 is 0 Å². The zero-order valence-electron chi connectivity index (χ0n) is 14.9. The number of thiazole rings is 1. The minimum atomic E-state index is 0. The molecule has 4 nitrogen and oxygen atoms in total. The highest BCUT2D eigenvalue weighted by Gasteiger charge is 2.43. The number of nitrogens with zero attached hydrogens (tertiary/aromatic N) is 2. The highest BCUT2D eigenvalue weighted by Crippen LogP contribution is 2.47. The Bertz CT molecular complexity index is 680. The van der Waals surface area contributed by atoms with Gasteiger partial charge in [-0.25, -0.2) is 9.98 Å². The molecule has 1 heterocycles. The molecule has 0 spiro atoms. The van der Waals surface area contributed by atoms with Gasteiger partial charge < -0.3 is 10.6 Å². The highest BCUT2D eigenvalue weighted by atomic mass is 127. The Kier molecular flexibility index (Phi) is 7.68. The molecule has 0 saturated heterocycles. The standard InChI is InChI=1S/C19H26N4S.HI/c1-3-17-23-16(13-24-17)12-21-18(20-4-2)22-14-19(10-11-19)15-8-6-5-7-9-15;/h5-9,13H,3-4,10-12,14H2,1-2H3,(H2,20,21,22);1H. The Morgan fingerprint density at radius 2 is 1.96 bits per heavy atom. The summed E-state index contributed by atoms with van der Waals surface area (Å²) >= 11 is 1.72. The van der Waals surface area contributed by atoms with Crippen molar-refractivity contribution in [3.8, 4) is 0 Å². The van der Waals surface area contributed by atoms with Gasteiger partial charge in [-0.1, -0.05) is 37.3 Å². The van der Waals surface area contributed by atoms with Gasteiger partial charge in [-0.2, -0.15) is 0 Å². The van der Waals surface area contributed by atoms with Crippen LogP contribution in [0.2, 0.25) is 0 Å². The number of hydrogen-bond acceptors (Lipinski definition) is 3. The van der Waals surface area contributed by atoms with Crippen LogP contribution in [0.25, 0.3) is 0 Å². The second-order valence-corrected chi connectivity index (χ2v) is 7.22. The van der Waals surface area contributed by atoms with Crippen molar-refractivity contribution < 1.29 is 0 Å². The zero-order valence-corrected chi connectivity index (χ0v) is 18.1. The monoisotopic (exact) mass is 470 g/mol. The van der Waals surface area contributed by atoms with Gasteiger partial charge in [0.25, 0.3) is 0 Å². The molecule has 0 bridgehead atoms. The number of aliphatic imine (C=N–C) groups is 1. The fourth-order valence-corrected chi connectivity index (χ4v) is 3.58. The van der Waals surface area contributed by atoms with Crippen molar-refractivity contribution in [1.29, 1.82) is 0 Å². The third-order valence-corrected chi connectivity index (χ3v) is 5.52. The quantitative estimate of drug-likeness (QED) is 0.364. The topological polar surface area (TPSA) is 49.3 Å². The predicted octanol–water partition coefficient (Wildman–Crippen LogP) is 4.11.